The third kappa shape index (κ3) is 2.27. The normalized spacial score (nSPS) is 14.0. The van der Waals surface area contributed by atoms with Crippen LogP contribution in [0.1, 0.15) is 10.4 Å². The van der Waals surface area contributed by atoms with Crippen LogP contribution in [0, 0.1) is 0 Å². The number of anilines is 1. The van der Waals surface area contributed by atoms with Gasteiger partial charge in [0.15, 0.2) is 0 Å². The molecule has 0 aliphatic carbocycles. The number of nitrogens with zero attached hydrogens (tertiary/aromatic N) is 1. The van der Waals surface area contributed by atoms with Gasteiger partial charge in [-0.05, 0) is 30.7 Å². The standard InChI is InChI=1S/C15H14N4OS2/c16-15(20)19-14-12(8-5-6-17-7-11(8)22-14)13-18-9-3-1-2-4-10(9)21-13/h1-4,17H,5-7H2,(H3,16,19,20). The lowest BCUT2D eigenvalue weighted by Gasteiger charge is -2.13. The second kappa shape index (κ2) is 5.35. The van der Waals surface area contributed by atoms with Gasteiger partial charge in [-0.2, -0.15) is 0 Å². The quantitative estimate of drug-likeness (QED) is 0.675. The van der Waals surface area contributed by atoms with E-state index in [0.717, 1.165) is 45.3 Å². The molecule has 0 atom stereocenters. The highest BCUT2D eigenvalue weighted by Gasteiger charge is 2.24. The van der Waals surface area contributed by atoms with Crippen molar-refractivity contribution in [2.45, 2.75) is 13.0 Å². The number of benzene rings is 1. The van der Waals surface area contributed by atoms with Crippen molar-refractivity contribution in [1.82, 2.24) is 10.3 Å². The number of primary amides is 1. The van der Waals surface area contributed by atoms with Crippen LogP contribution in [0.3, 0.4) is 0 Å². The summed E-state index contributed by atoms with van der Waals surface area (Å²) in [4.78, 5) is 17.3. The van der Waals surface area contributed by atoms with Crippen molar-refractivity contribution in [3.63, 3.8) is 0 Å². The molecule has 0 spiro atoms. The van der Waals surface area contributed by atoms with Crippen LogP contribution in [0.5, 0.6) is 0 Å². The Balaban J connectivity index is 1.91. The van der Waals surface area contributed by atoms with Gasteiger partial charge in [-0.15, -0.1) is 22.7 Å². The summed E-state index contributed by atoms with van der Waals surface area (Å²) in [6.07, 6.45) is 0.942. The van der Waals surface area contributed by atoms with Gasteiger partial charge in [-0.1, -0.05) is 12.1 Å². The summed E-state index contributed by atoms with van der Waals surface area (Å²) in [7, 11) is 0. The van der Waals surface area contributed by atoms with E-state index in [1.54, 1.807) is 22.7 Å². The minimum absolute atomic E-state index is 0.533. The number of hydrogen-bond acceptors (Lipinski definition) is 5. The number of rotatable bonds is 2. The molecule has 3 aromatic rings. The fourth-order valence-corrected chi connectivity index (χ4v) is 5.07. The average molecular weight is 330 g/mol. The van der Waals surface area contributed by atoms with Gasteiger partial charge in [0.25, 0.3) is 0 Å². The maximum absolute atomic E-state index is 11.3. The van der Waals surface area contributed by atoms with Crippen LogP contribution >= 0.6 is 22.7 Å². The number of hydrogen-bond donors (Lipinski definition) is 3. The van der Waals surface area contributed by atoms with Crippen LogP contribution in [-0.2, 0) is 13.0 Å². The highest BCUT2D eigenvalue weighted by molar-refractivity contribution is 7.22. The second-order valence-corrected chi connectivity index (χ2v) is 7.25. The molecule has 0 unspecified atom stereocenters. The molecule has 1 aliphatic rings. The fourth-order valence-electron chi connectivity index (χ4n) is 2.74. The number of amides is 2. The van der Waals surface area contributed by atoms with Crippen molar-refractivity contribution in [2.75, 3.05) is 11.9 Å². The van der Waals surface area contributed by atoms with Gasteiger partial charge in [0.05, 0.1) is 10.2 Å². The first-order chi connectivity index (χ1) is 10.7. The molecular weight excluding hydrogens is 316 g/mol. The Bertz CT molecular complexity index is 835. The van der Waals surface area contributed by atoms with Gasteiger partial charge in [-0.25, -0.2) is 9.78 Å². The lowest BCUT2D eigenvalue weighted by Crippen LogP contribution is -2.22. The Morgan fingerprint density at radius 1 is 1.32 bits per heavy atom. The zero-order valence-corrected chi connectivity index (χ0v) is 13.3. The molecule has 0 saturated heterocycles. The van der Waals surface area contributed by atoms with E-state index in [-0.39, 0.29) is 0 Å². The van der Waals surface area contributed by atoms with Crippen molar-refractivity contribution >= 4 is 43.9 Å². The Kier molecular flexibility index (Phi) is 3.33. The summed E-state index contributed by atoms with van der Waals surface area (Å²) < 4.78 is 1.15. The van der Waals surface area contributed by atoms with E-state index < -0.39 is 6.03 Å². The van der Waals surface area contributed by atoms with Crippen molar-refractivity contribution in [1.29, 1.82) is 0 Å². The SMILES string of the molecule is NC(=O)Nc1sc2c(c1-c1nc3ccccc3s1)CCNC2. The summed E-state index contributed by atoms with van der Waals surface area (Å²) in [6.45, 7) is 1.77. The summed E-state index contributed by atoms with van der Waals surface area (Å²) in [5.74, 6) is 0. The molecule has 2 aromatic heterocycles. The Morgan fingerprint density at radius 3 is 3.00 bits per heavy atom. The molecule has 0 bridgehead atoms. The van der Waals surface area contributed by atoms with E-state index in [4.69, 9.17) is 10.7 Å². The zero-order chi connectivity index (χ0) is 15.1. The zero-order valence-electron chi connectivity index (χ0n) is 11.7. The maximum Gasteiger partial charge on any atom is 0.317 e. The van der Waals surface area contributed by atoms with Gasteiger partial charge in [0.1, 0.15) is 10.0 Å². The molecule has 0 saturated carbocycles. The molecule has 1 aliphatic heterocycles. The monoisotopic (exact) mass is 330 g/mol. The van der Waals surface area contributed by atoms with Crippen LogP contribution in [0.2, 0.25) is 0 Å². The number of urea groups is 1. The van der Waals surface area contributed by atoms with Crippen LogP contribution in [0.25, 0.3) is 20.8 Å². The molecule has 2 amide bonds. The predicted molar refractivity (Wildman–Crippen MR) is 91.5 cm³/mol. The molecule has 7 heteroatoms. The topological polar surface area (TPSA) is 80.0 Å². The number of aromatic nitrogens is 1. The molecule has 22 heavy (non-hydrogen) atoms. The van der Waals surface area contributed by atoms with Crippen LogP contribution in [-0.4, -0.2) is 17.6 Å². The van der Waals surface area contributed by atoms with E-state index in [1.165, 1.54) is 10.4 Å². The van der Waals surface area contributed by atoms with Crippen LogP contribution in [0.4, 0.5) is 9.80 Å². The number of carbonyl (C=O) groups is 1. The number of nitrogens with one attached hydrogen (secondary N) is 2. The number of thiazole rings is 1. The Hall–Kier alpha value is -1.96. The molecule has 1 aromatic carbocycles. The average Bonchev–Trinajstić information content (AvgIpc) is 3.06. The lowest BCUT2D eigenvalue weighted by molar-refractivity contribution is 0.259. The number of thiophene rings is 1. The largest absolute Gasteiger partial charge is 0.351 e. The second-order valence-electron chi connectivity index (χ2n) is 5.11. The molecule has 0 radical (unpaired) electrons. The minimum atomic E-state index is -0.533. The first-order valence-corrected chi connectivity index (χ1v) is 8.63. The third-order valence-corrected chi connectivity index (χ3v) is 5.87. The van der Waals surface area contributed by atoms with Crippen molar-refractivity contribution in [2.24, 2.45) is 5.73 Å². The van der Waals surface area contributed by atoms with Crippen molar-refractivity contribution < 1.29 is 4.79 Å². The van der Waals surface area contributed by atoms with Crippen LogP contribution < -0.4 is 16.4 Å². The van der Waals surface area contributed by atoms with Crippen LogP contribution in [0.15, 0.2) is 24.3 Å². The maximum atomic E-state index is 11.3. The minimum Gasteiger partial charge on any atom is -0.351 e. The predicted octanol–water partition coefficient (Wildman–Crippen LogP) is 3.16. The highest BCUT2D eigenvalue weighted by atomic mass is 32.1. The molecule has 0 fully saturated rings. The van der Waals surface area contributed by atoms with E-state index in [2.05, 4.69) is 16.7 Å². The molecule has 4 rings (SSSR count). The highest BCUT2D eigenvalue weighted by Crippen LogP contribution is 2.44. The van der Waals surface area contributed by atoms with Crippen molar-refractivity contribution in [3.8, 4) is 10.6 Å². The van der Waals surface area contributed by atoms with E-state index in [1.807, 2.05) is 18.2 Å². The summed E-state index contributed by atoms with van der Waals surface area (Å²) >= 11 is 3.24. The number of fused-ring (bicyclic) bond motifs is 2. The summed E-state index contributed by atoms with van der Waals surface area (Å²) in [5, 5.41) is 7.89. The van der Waals surface area contributed by atoms with E-state index >= 15 is 0 Å². The number of para-hydroxylation sites is 1. The van der Waals surface area contributed by atoms with Gasteiger partial charge in [-0.3, -0.25) is 5.32 Å². The summed E-state index contributed by atoms with van der Waals surface area (Å²) in [6, 6.07) is 7.55. The molecule has 5 nitrogen and oxygen atoms in total. The van der Waals surface area contributed by atoms with E-state index in [9.17, 15) is 4.79 Å². The Morgan fingerprint density at radius 2 is 2.18 bits per heavy atom. The fraction of sp³-hybridized carbons (Fsp3) is 0.200. The Labute approximate surface area is 135 Å². The number of nitrogens with two attached hydrogens (primary N) is 1. The van der Waals surface area contributed by atoms with Gasteiger partial charge < -0.3 is 11.1 Å². The first-order valence-electron chi connectivity index (χ1n) is 7.00. The van der Waals surface area contributed by atoms with Gasteiger partial charge >= 0.3 is 6.03 Å². The molecule has 4 N–H and O–H groups in total. The molecule has 112 valence electrons. The molecular formula is C15H14N4OS2. The number of carbonyl (C=O) groups excluding carboxylic acids is 1. The van der Waals surface area contributed by atoms with Crippen molar-refractivity contribution in [3.05, 3.63) is 34.7 Å². The third-order valence-electron chi connectivity index (χ3n) is 3.67. The first kappa shape index (κ1) is 13.7. The van der Waals surface area contributed by atoms with Gasteiger partial charge in [0.2, 0.25) is 0 Å². The smallest absolute Gasteiger partial charge is 0.317 e. The summed E-state index contributed by atoms with van der Waals surface area (Å²) in [5.41, 5.74) is 8.64. The van der Waals surface area contributed by atoms with Gasteiger partial charge in [0, 0.05) is 17.0 Å². The molecule has 3 heterocycles. The van der Waals surface area contributed by atoms with E-state index in [0.29, 0.717) is 0 Å². The lowest BCUT2D eigenvalue weighted by atomic mass is 10.0.